The summed E-state index contributed by atoms with van der Waals surface area (Å²) in [6, 6.07) is 13.3. The Kier molecular flexibility index (Phi) is 7.16. The summed E-state index contributed by atoms with van der Waals surface area (Å²) in [5, 5.41) is 40.5. The van der Waals surface area contributed by atoms with E-state index in [0.29, 0.717) is 23.1 Å². The maximum absolute atomic E-state index is 10.4. The molecule has 1 unspecified atom stereocenters. The second kappa shape index (κ2) is 9.86. The van der Waals surface area contributed by atoms with Crippen LogP contribution in [0.25, 0.3) is 0 Å². The van der Waals surface area contributed by atoms with Crippen molar-refractivity contribution in [3.8, 4) is 5.75 Å². The molecule has 1 aliphatic carbocycles. The first-order valence-electron chi connectivity index (χ1n) is 10.8. The number of aliphatic hydroxyl groups excluding tert-OH is 4. The van der Waals surface area contributed by atoms with Crippen molar-refractivity contribution >= 4 is 11.6 Å². The van der Waals surface area contributed by atoms with E-state index in [9.17, 15) is 20.4 Å². The molecule has 0 radical (unpaired) electrons. The van der Waals surface area contributed by atoms with Crippen molar-refractivity contribution in [2.75, 3.05) is 6.61 Å². The van der Waals surface area contributed by atoms with Crippen molar-refractivity contribution in [3.63, 3.8) is 0 Å². The highest BCUT2D eigenvalue weighted by Crippen LogP contribution is 2.34. The van der Waals surface area contributed by atoms with Crippen LogP contribution in [0.4, 0.5) is 0 Å². The maximum Gasteiger partial charge on any atom is 0.119 e. The maximum atomic E-state index is 10.4. The minimum atomic E-state index is -1.41. The Hall–Kier alpha value is -1.67. The van der Waals surface area contributed by atoms with Crippen molar-refractivity contribution in [1.82, 2.24) is 0 Å². The number of halogens is 1. The molecule has 7 heteroatoms. The van der Waals surface area contributed by atoms with Crippen LogP contribution in [0.15, 0.2) is 42.5 Å². The minimum Gasteiger partial charge on any atom is -0.490 e. The predicted molar refractivity (Wildman–Crippen MR) is 116 cm³/mol. The average Bonchev–Trinajstić information content (AvgIpc) is 3.28. The summed E-state index contributed by atoms with van der Waals surface area (Å²) in [5.41, 5.74) is 2.53. The normalized spacial score (nSPS) is 29.3. The van der Waals surface area contributed by atoms with E-state index < -0.39 is 37.1 Å². The first-order chi connectivity index (χ1) is 15.0. The Morgan fingerprint density at radius 1 is 0.935 bits per heavy atom. The smallest absolute Gasteiger partial charge is 0.119 e. The molecule has 4 N–H and O–H groups in total. The molecule has 2 aromatic rings. The summed E-state index contributed by atoms with van der Waals surface area (Å²) in [5.74, 6) is 0.872. The van der Waals surface area contributed by atoms with E-state index in [4.69, 9.17) is 21.1 Å². The highest BCUT2D eigenvalue weighted by atomic mass is 35.5. The van der Waals surface area contributed by atoms with Crippen LogP contribution in [0.1, 0.15) is 48.5 Å². The molecule has 0 bridgehead atoms. The Bertz CT molecular complexity index is 865. The van der Waals surface area contributed by atoms with E-state index in [-0.39, 0.29) is 0 Å². The molecule has 1 saturated heterocycles. The van der Waals surface area contributed by atoms with Crippen LogP contribution < -0.4 is 4.74 Å². The Balaban J connectivity index is 1.49. The molecule has 5 atom stereocenters. The summed E-state index contributed by atoms with van der Waals surface area (Å²) < 4.78 is 11.7. The molecular weight excluding hydrogens is 420 g/mol. The molecule has 4 rings (SSSR count). The molecule has 2 aromatic carbocycles. The average molecular weight is 449 g/mol. The third kappa shape index (κ3) is 5.06. The van der Waals surface area contributed by atoms with Gasteiger partial charge < -0.3 is 29.9 Å². The van der Waals surface area contributed by atoms with Gasteiger partial charge in [-0.25, -0.2) is 0 Å². The van der Waals surface area contributed by atoms with E-state index in [2.05, 4.69) is 0 Å². The zero-order chi connectivity index (χ0) is 22.0. The van der Waals surface area contributed by atoms with Crippen LogP contribution in [0.2, 0.25) is 5.02 Å². The van der Waals surface area contributed by atoms with Gasteiger partial charge in [0.2, 0.25) is 0 Å². The molecule has 1 aliphatic heterocycles. The molecule has 6 nitrogen and oxygen atoms in total. The number of benzene rings is 2. The monoisotopic (exact) mass is 448 g/mol. The van der Waals surface area contributed by atoms with Crippen molar-refractivity contribution in [1.29, 1.82) is 0 Å². The fourth-order valence-corrected chi connectivity index (χ4v) is 4.57. The van der Waals surface area contributed by atoms with E-state index in [0.717, 1.165) is 29.7 Å². The van der Waals surface area contributed by atoms with E-state index in [1.165, 1.54) is 12.8 Å². The van der Waals surface area contributed by atoms with Gasteiger partial charge in [0.15, 0.2) is 0 Å². The van der Waals surface area contributed by atoms with Gasteiger partial charge >= 0.3 is 0 Å². The van der Waals surface area contributed by atoms with Crippen LogP contribution >= 0.6 is 11.6 Å². The molecule has 1 heterocycles. The number of hydrogen-bond acceptors (Lipinski definition) is 6. The van der Waals surface area contributed by atoms with Crippen LogP contribution in [0.3, 0.4) is 0 Å². The number of rotatable bonds is 6. The summed E-state index contributed by atoms with van der Waals surface area (Å²) in [6.07, 6.45) is -0.371. The molecule has 0 spiro atoms. The highest BCUT2D eigenvalue weighted by molar-refractivity contribution is 6.31. The van der Waals surface area contributed by atoms with Crippen LogP contribution in [-0.4, -0.2) is 57.6 Å². The molecule has 1 saturated carbocycles. The molecule has 0 aromatic heterocycles. The first-order valence-corrected chi connectivity index (χ1v) is 11.2. The minimum absolute atomic E-state index is 0.315. The first kappa shape index (κ1) is 22.5. The van der Waals surface area contributed by atoms with E-state index in [1.54, 1.807) is 12.1 Å². The van der Waals surface area contributed by atoms with Crippen molar-refractivity contribution in [2.24, 2.45) is 0 Å². The summed E-state index contributed by atoms with van der Waals surface area (Å²) >= 11 is 6.42. The third-order valence-corrected chi connectivity index (χ3v) is 6.58. The van der Waals surface area contributed by atoms with Gasteiger partial charge in [0.05, 0.1) is 12.7 Å². The zero-order valence-electron chi connectivity index (χ0n) is 17.2. The van der Waals surface area contributed by atoms with Gasteiger partial charge in [0.25, 0.3) is 0 Å². The quantitative estimate of drug-likeness (QED) is 0.542. The Labute approximate surface area is 187 Å². The van der Waals surface area contributed by atoms with Gasteiger partial charge in [-0.05, 0) is 67.0 Å². The molecule has 2 aliphatic rings. The lowest BCUT2D eigenvalue weighted by molar-refractivity contribution is -0.231. The van der Waals surface area contributed by atoms with Crippen LogP contribution in [0, 0.1) is 0 Å². The second-order valence-electron chi connectivity index (χ2n) is 8.45. The van der Waals surface area contributed by atoms with Gasteiger partial charge in [-0.3, -0.25) is 0 Å². The van der Waals surface area contributed by atoms with Crippen molar-refractivity contribution in [2.45, 2.75) is 68.7 Å². The standard InChI is InChI=1S/C24H29ClO6/c25-19-10-7-15(24-23(29)22(28)21(27)20(13-26)31-24)12-16(19)11-14-5-8-18(9-6-14)30-17-3-1-2-4-17/h5-10,12,17,20-24,26-29H,1-4,11,13H2/t20-,21-,22+,23-,24?/m1/s1. The lowest BCUT2D eigenvalue weighted by Crippen LogP contribution is -2.55. The van der Waals surface area contributed by atoms with E-state index >= 15 is 0 Å². The van der Waals surface area contributed by atoms with Crippen molar-refractivity contribution in [3.05, 3.63) is 64.2 Å². The number of ether oxygens (including phenoxy) is 2. The largest absolute Gasteiger partial charge is 0.490 e. The summed E-state index contributed by atoms with van der Waals surface area (Å²) in [7, 11) is 0. The van der Waals surface area contributed by atoms with Gasteiger partial charge in [-0.2, -0.15) is 0 Å². The van der Waals surface area contributed by atoms with Gasteiger partial charge in [-0.1, -0.05) is 35.9 Å². The third-order valence-electron chi connectivity index (χ3n) is 6.21. The molecule has 31 heavy (non-hydrogen) atoms. The Morgan fingerprint density at radius 2 is 1.65 bits per heavy atom. The van der Waals surface area contributed by atoms with Crippen molar-refractivity contribution < 1.29 is 29.9 Å². The fourth-order valence-electron chi connectivity index (χ4n) is 4.39. The predicted octanol–water partition coefficient (Wildman–Crippen LogP) is 2.77. The molecule has 0 amide bonds. The lowest BCUT2D eigenvalue weighted by atomic mass is 9.90. The Morgan fingerprint density at radius 3 is 2.32 bits per heavy atom. The molecule has 168 valence electrons. The van der Waals surface area contributed by atoms with E-state index in [1.807, 2.05) is 30.3 Å². The van der Waals surface area contributed by atoms with Crippen LogP contribution in [0.5, 0.6) is 5.75 Å². The summed E-state index contributed by atoms with van der Waals surface area (Å²) in [4.78, 5) is 0. The summed E-state index contributed by atoms with van der Waals surface area (Å²) in [6.45, 7) is -0.461. The molecular formula is C24H29ClO6. The topological polar surface area (TPSA) is 99.4 Å². The number of aliphatic hydroxyl groups is 4. The molecule has 2 fully saturated rings. The lowest BCUT2D eigenvalue weighted by Gasteiger charge is -2.40. The highest BCUT2D eigenvalue weighted by Gasteiger charge is 2.44. The fraction of sp³-hybridized carbons (Fsp3) is 0.500. The van der Waals surface area contributed by atoms with Gasteiger partial charge in [0.1, 0.15) is 36.3 Å². The number of hydrogen-bond donors (Lipinski definition) is 4. The zero-order valence-corrected chi connectivity index (χ0v) is 18.0. The van der Waals surface area contributed by atoms with Gasteiger partial charge in [-0.15, -0.1) is 0 Å². The second-order valence-corrected chi connectivity index (χ2v) is 8.85. The SMILES string of the molecule is OC[C@H]1OC(c2ccc(Cl)c(Cc3ccc(OC4CCCC4)cc3)c2)[C@H](O)[C@@H](O)[C@@H]1O. The van der Waals surface area contributed by atoms with Crippen LogP contribution in [-0.2, 0) is 11.2 Å². The van der Waals surface area contributed by atoms with Gasteiger partial charge in [0, 0.05) is 5.02 Å².